The molecular formula is C16H33BCl3Li. The predicted molar refractivity (Wildman–Crippen MR) is 99.8 cm³/mol. The summed E-state index contributed by atoms with van der Waals surface area (Å²) in [5, 5.41) is 0. The third-order valence-electron chi connectivity index (χ3n) is 4.60. The predicted octanol–water partition coefficient (Wildman–Crippen LogP) is 4.30. The molecule has 0 fully saturated rings. The minimum absolute atomic E-state index is 0. The molecule has 0 saturated heterocycles. The molecule has 0 aromatic carbocycles. The van der Waals surface area contributed by atoms with Gasteiger partial charge >= 0.3 is 18.9 Å². The molecule has 0 saturated carbocycles. The van der Waals surface area contributed by atoms with E-state index in [1.807, 2.05) is 0 Å². The molecule has 0 nitrogen and oxygen atoms in total. The van der Waals surface area contributed by atoms with E-state index in [4.69, 9.17) is 34.8 Å². The topological polar surface area (TPSA) is 0 Å². The second kappa shape index (κ2) is 17.9. The van der Waals surface area contributed by atoms with E-state index in [1.165, 1.54) is 76.7 Å². The van der Waals surface area contributed by atoms with Crippen LogP contribution in [0.3, 0.4) is 0 Å². The van der Waals surface area contributed by atoms with E-state index in [2.05, 4.69) is 6.82 Å². The summed E-state index contributed by atoms with van der Waals surface area (Å²) in [5.41, 5.74) is 0. The van der Waals surface area contributed by atoms with Crippen LogP contribution in [0, 0.1) is 0 Å². The standard InChI is InChI=1S/C16H33BCl3.Li/c1-17(11-5-2-8-14-18,12-6-3-9-15-19)13-7-4-10-16-20;/h2-16H2,1H3;/q-1;+1. The molecule has 0 rings (SSSR count). The van der Waals surface area contributed by atoms with Crippen LogP contribution in [0.25, 0.3) is 0 Å². The largest absolute Gasteiger partial charge is 1.00 e. The van der Waals surface area contributed by atoms with E-state index in [0.717, 1.165) is 17.6 Å². The van der Waals surface area contributed by atoms with E-state index in [1.54, 1.807) is 0 Å². The quantitative estimate of drug-likeness (QED) is 0.235. The summed E-state index contributed by atoms with van der Waals surface area (Å²) < 4.78 is 0. The van der Waals surface area contributed by atoms with Gasteiger partial charge < -0.3 is 0 Å². The molecular weight excluding hydrogens is 316 g/mol. The fourth-order valence-corrected chi connectivity index (χ4v) is 3.73. The summed E-state index contributed by atoms with van der Waals surface area (Å²) in [6.45, 7) is 2.54. The molecule has 0 aliphatic rings. The van der Waals surface area contributed by atoms with Gasteiger partial charge in [-0.25, -0.2) is 0 Å². The Morgan fingerprint density at radius 2 is 0.810 bits per heavy atom. The van der Waals surface area contributed by atoms with Crippen molar-refractivity contribution in [2.24, 2.45) is 0 Å². The van der Waals surface area contributed by atoms with Gasteiger partial charge in [0.1, 0.15) is 0 Å². The van der Waals surface area contributed by atoms with Gasteiger partial charge in [-0.2, -0.15) is 25.8 Å². The smallest absolute Gasteiger partial charge is 0.190 e. The normalized spacial score (nSPS) is 11.4. The molecule has 0 N–H and O–H groups in total. The van der Waals surface area contributed by atoms with Crippen molar-refractivity contribution in [3.8, 4) is 0 Å². The Bertz CT molecular complexity index is 175. The average molecular weight is 350 g/mol. The van der Waals surface area contributed by atoms with Crippen LogP contribution < -0.4 is 18.9 Å². The maximum absolute atomic E-state index is 5.77. The van der Waals surface area contributed by atoms with Crippen LogP contribution in [-0.2, 0) is 0 Å². The van der Waals surface area contributed by atoms with Crippen molar-refractivity contribution < 1.29 is 18.9 Å². The fraction of sp³-hybridized carbons (Fsp3) is 1.00. The maximum atomic E-state index is 5.77. The monoisotopic (exact) mass is 348 g/mol. The van der Waals surface area contributed by atoms with Crippen molar-refractivity contribution in [1.29, 1.82) is 0 Å². The molecule has 0 aliphatic carbocycles. The van der Waals surface area contributed by atoms with Crippen molar-refractivity contribution in [3.05, 3.63) is 0 Å². The molecule has 0 radical (unpaired) electrons. The van der Waals surface area contributed by atoms with Gasteiger partial charge in [0.25, 0.3) is 0 Å². The van der Waals surface area contributed by atoms with Gasteiger partial charge in [-0.1, -0.05) is 38.5 Å². The first-order valence-electron chi connectivity index (χ1n) is 8.60. The summed E-state index contributed by atoms with van der Waals surface area (Å²) >= 11 is 17.3. The Kier molecular flexibility index (Phi) is 21.1. The number of alkyl halides is 3. The van der Waals surface area contributed by atoms with E-state index in [0.29, 0.717) is 0 Å². The molecule has 5 heteroatoms. The Morgan fingerprint density at radius 1 is 0.524 bits per heavy atom. The number of halogens is 3. The second-order valence-electron chi connectivity index (χ2n) is 6.71. The number of hydrogen-bond acceptors (Lipinski definition) is 0. The van der Waals surface area contributed by atoms with Crippen molar-refractivity contribution >= 4 is 40.9 Å². The third kappa shape index (κ3) is 16.2. The summed E-state index contributed by atoms with van der Waals surface area (Å²) in [5.74, 6) is 2.44. The van der Waals surface area contributed by atoms with Crippen LogP contribution in [0.1, 0.15) is 57.8 Å². The van der Waals surface area contributed by atoms with Gasteiger partial charge in [-0.05, 0) is 25.4 Å². The first-order chi connectivity index (χ1) is 9.68. The fourth-order valence-electron chi connectivity index (χ4n) is 3.16. The zero-order valence-electron chi connectivity index (χ0n) is 14.3. The Balaban J connectivity index is 0. The van der Waals surface area contributed by atoms with Gasteiger partial charge in [0.15, 0.2) is 0 Å². The molecule has 0 aromatic heterocycles. The Morgan fingerprint density at radius 3 is 1.05 bits per heavy atom. The minimum Gasteiger partial charge on any atom is -0.190 e. The van der Waals surface area contributed by atoms with Crippen LogP contribution >= 0.6 is 34.8 Å². The average Bonchev–Trinajstić information content (AvgIpc) is 2.45. The molecule has 21 heavy (non-hydrogen) atoms. The van der Waals surface area contributed by atoms with E-state index in [9.17, 15) is 0 Å². The van der Waals surface area contributed by atoms with Gasteiger partial charge in [-0.3, -0.25) is 0 Å². The Labute approximate surface area is 160 Å². The van der Waals surface area contributed by atoms with Gasteiger partial charge in [0, 0.05) is 17.6 Å². The van der Waals surface area contributed by atoms with Crippen molar-refractivity contribution in [2.75, 3.05) is 17.6 Å². The van der Waals surface area contributed by atoms with Crippen LogP contribution in [0.4, 0.5) is 0 Å². The first kappa shape index (κ1) is 24.8. The SMILES string of the molecule is C[B-](CCCCCCl)(CCCCCCl)CCCCCCl.[Li+]. The summed E-state index contributed by atoms with van der Waals surface area (Å²) in [7, 11) is 0. The second-order valence-corrected chi connectivity index (χ2v) is 7.84. The number of rotatable bonds is 15. The van der Waals surface area contributed by atoms with E-state index < -0.39 is 0 Å². The molecule has 0 heterocycles. The van der Waals surface area contributed by atoms with Gasteiger partial charge in [0.05, 0.1) is 0 Å². The molecule has 0 aliphatic heterocycles. The van der Waals surface area contributed by atoms with Gasteiger partial charge in [-0.15, -0.1) is 34.8 Å². The summed E-state index contributed by atoms with van der Waals surface area (Å²) in [6, 6.07) is 0. The van der Waals surface area contributed by atoms with Gasteiger partial charge in [0.2, 0.25) is 0 Å². The van der Waals surface area contributed by atoms with Crippen molar-refractivity contribution in [1.82, 2.24) is 0 Å². The third-order valence-corrected chi connectivity index (χ3v) is 5.41. The molecule has 0 atom stereocenters. The summed E-state index contributed by atoms with van der Waals surface area (Å²) in [6.07, 6.45) is 15.5. The van der Waals surface area contributed by atoms with Crippen LogP contribution in [0.15, 0.2) is 0 Å². The van der Waals surface area contributed by atoms with Crippen LogP contribution in [0.5, 0.6) is 0 Å². The molecule has 122 valence electrons. The number of unbranched alkanes of at least 4 members (excludes halogenated alkanes) is 6. The van der Waals surface area contributed by atoms with Crippen molar-refractivity contribution in [2.45, 2.75) is 83.6 Å². The molecule has 0 unspecified atom stereocenters. The number of hydrogen-bond donors (Lipinski definition) is 0. The molecule has 0 spiro atoms. The first-order valence-corrected chi connectivity index (χ1v) is 10.2. The molecule has 0 aromatic rings. The van der Waals surface area contributed by atoms with Crippen molar-refractivity contribution in [3.63, 3.8) is 0 Å². The summed E-state index contributed by atoms with van der Waals surface area (Å²) in [4.78, 5) is 0. The van der Waals surface area contributed by atoms with Crippen LogP contribution in [-0.4, -0.2) is 23.8 Å². The minimum atomic E-state index is -0.178. The molecule has 0 bridgehead atoms. The maximum Gasteiger partial charge on any atom is 1.00 e. The van der Waals surface area contributed by atoms with E-state index >= 15 is 0 Å². The van der Waals surface area contributed by atoms with Crippen LogP contribution in [0.2, 0.25) is 25.8 Å². The molecule has 0 amide bonds. The van der Waals surface area contributed by atoms with E-state index in [-0.39, 0.29) is 25.0 Å². The Hall–Kier alpha value is 1.53. The zero-order valence-corrected chi connectivity index (χ0v) is 16.6. The zero-order chi connectivity index (χ0) is 15.1.